The van der Waals surface area contributed by atoms with Gasteiger partial charge in [0, 0.05) is 124 Å². The van der Waals surface area contributed by atoms with Crippen molar-refractivity contribution in [2.75, 3.05) is 0 Å². The summed E-state index contributed by atoms with van der Waals surface area (Å²) < 4.78 is 696. The summed E-state index contributed by atoms with van der Waals surface area (Å²) in [5, 5.41) is 2.36. The number of para-hydroxylation sites is 9. The topological polar surface area (TPSA) is 79.2 Å². The van der Waals surface area contributed by atoms with Gasteiger partial charge in [-0.25, -0.2) is 9.97 Å². The molecular weight excluding hydrogens is 1760 g/mol. The van der Waals surface area contributed by atoms with E-state index in [1.807, 2.05) is 0 Å². The fourth-order valence-corrected chi connectivity index (χ4v) is 19.4. The van der Waals surface area contributed by atoms with Crippen LogP contribution in [-0.4, -0.2) is 37.4 Å². The number of rotatable bonds is 10. The van der Waals surface area contributed by atoms with Gasteiger partial charge in [0.25, 0.3) is 0 Å². The molecule has 9 nitrogen and oxygen atoms in total. The Labute approximate surface area is 932 Å². The third-order valence-electron chi connectivity index (χ3n) is 23.1. The smallest absolute Gasteiger partial charge is 0.235 e. The Kier molecular flexibility index (Phi) is 8.34. The lowest BCUT2D eigenvalue weighted by Crippen LogP contribution is -2.03. The SMILES string of the molecule is [2H]c1c([2H])c(-n2c3c([2H])c([2H])c([2H])c([2H])c3c3c([2H])c(-c4c([2H])c([2H])c5c(c4[2H])c4c([2H])c([2H])c([2H])c([2H])c4n5-c4c([2H])c([2H])c([2H])c5c4sc4c([2H])c(C)c([2H])c([2H])c45)c([2H])c([2H])c32)c([2H])c([2H])c1C#N.[2H]c1c([2H])c([2H])c(-c2nc(-n3c4c([2H])c([2H])c([2H])c([2H])c4c4c([2H])c(-c5c([2H])c([2H])c6c(c5[2H])c5c([2H])c([2H])c([2H])c([2H])c5n6-c5c([2H])c([2H])c([2H])c([2H])c5[2H])c([2H])c([2H])c43)nc3c([2H])c([2H])c([2H])c([2H])c23)c([2H])c1[2H].[2H]c1c([2H])c([2H])c(-n2c3c([2H])c([2H])c([2H])c([2H])c3c3c([2H])c(-c4c([2H])c([2H])c5c(c4[2H])c4c([2H])c([2H])c([2H])c([2H])c4n5-c4c([2H])c([2H])c([2H])c5c4sc4c([2H])c([2H])c(C)c([2H])c45)c([2H])c([2H])c32)c([2H])c1[2H]. The van der Waals surface area contributed by atoms with E-state index in [9.17, 15) is 40.9 Å². The van der Waals surface area contributed by atoms with Crippen LogP contribution in [0.2, 0.25) is 0 Å². The molecule has 0 aliphatic rings. The second-order valence-electron chi connectivity index (χ2n) is 31.0. The molecule has 0 bridgehead atoms. The van der Waals surface area contributed by atoms with Gasteiger partial charge in [0.2, 0.25) is 5.95 Å². The minimum Gasteiger partial charge on any atom is -0.309 e. The second kappa shape index (κ2) is 33.0. The number of benzene rings is 21. The van der Waals surface area contributed by atoms with Crippen molar-refractivity contribution < 1.29 is 106 Å². The molecule has 0 amide bonds. The maximum absolute atomic E-state index is 9.88. The molecule has 9 heterocycles. The molecule has 0 spiro atoms. The highest BCUT2D eigenvalue weighted by Gasteiger charge is 2.26. The minimum atomic E-state index is -1.04. The Bertz CT molecular complexity index is 15600. The number of thiophene rings is 2. The van der Waals surface area contributed by atoms with Crippen LogP contribution in [0.1, 0.15) is 122 Å². The summed E-state index contributed by atoms with van der Waals surface area (Å²) in [5.41, 5.74) is -16.8. The Morgan fingerprint density at radius 2 is 0.535 bits per heavy atom. The van der Waals surface area contributed by atoms with Gasteiger partial charge in [-0.05, 0) is 246 Å². The van der Waals surface area contributed by atoms with E-state index in [1.165, 1.54) is 13.8 Å². The van der Waals surface area contributed by atoms with Crippen LogP contribution in [0.25, 0.3) is 261 Å². The van der Waals surface area contributed by atoms with E-state index in [1.54, 1.807) is 6.07 Å². The Hall–Kier alpha value is -18.3. The average molecular weight is 1920 g/mol. The van der Waals surface area contributed by atoms with Gasteiger partial charge in [-0.1, -0.05) is 277 Å². The summed E-state index contributed by atoms with van der Waals surface area (Å²) >= 11 is 1.54. The number of aromatic nitrogens is 8. The lowest BCUT2D eigenvalue weighted by Gasteiger charge is -2.12. The van der Waals surface area contributed by atoms with E-state index in [0.29, 0.717) is 0 Å². The average Bonchev–Trinajstić information content (AvgIpc) is 1.52. The van der Waals surface area contributed by atoms with Crippen LogP contribution in [0.4, 0.5) is 0 Å². The first-order chi connectivity index (χ1) is 102. The van der Waals surface area contributed by atoms with Crippen molar-refractivity contribution in [3.05, 3.63) is 482 Å². The Balaban J connectivity index is 0.000000143. The Morgan fingerprint density at radius 1 is 0.218 bits per heavy atom. The first kappa shape index (κ1) is 35.9. The van der Waals surface area contributed by atoms with Gasteiger partial charge in [0.15, 0.2) is 0 Å². The van der Waals surface area contributed by atoms with E-state index in [2.05, 4.69) is 9.97 Å². The standard InChI is InChI=1S/C44H28N4.C44H27N3S.C43H28N2S/c1-3-13-29(14-4-1)43-35-19-7-10-20-38(35)45-44(46-43)48-40-22-12-9-18-34(40)37-28-31(24-26-42(37)48)30-23-25-41-36(27-30)33-17-8-11-21-39(33)47(41)32-15-5-2-6-16-32;1-27-13-20-34-35-9-6-12-42(44(35)48-43(34)23-27)47-39-11-5-3-8-33(39)37-25-30(17-22-41(37)47)29-16-21-40-36(24-29)32-7-2-4-10-38(32)46(40)31-18-14-28(26-45)15-19-31;1-27-18-23-42-36(24-27)33-14-9-17-41(43(33)46-42)45-38-16-8-6-13-32(38)35-26-29(20-22-40(35)45)28-19-21-39-34(25-28)31-12-5-7-15-37(31)44(39)30-10-3-2-4-11-30/h1-28H;2-25H,1H3;2-26H,1H3/i1D,2D,3D,4D,5D,6D,7D,8D,9D,10D,11D,12D,13D,14D,15D,16D,17D,18D,19D,20D,21D,22D,23D,24D,25D,26D,27D,28D;2D,3D,4D,5D,6D,7D,8D,9D,10D,11D,12D,13D,14D,15D,16D,17D,18D,19D,20D,21D,22D,23D,24D,25D;2D,3D,4D,5D,6D,7D,8D,9D,10D,11D,12D,13D,14D,15D,16D,17D,18D,19D,20D,21D,22D,23D,24D,25D,26D. The molecule has 664 valence electrons. The molecule has 0 radical (unpaired) electrons. The summed E-state index contributed by atoms with van der Waals surface area (Å²) in [5.74, 6) is -0.823. The molecule has 0 N–H and O–H groups in total. The van der Waals surface area contributed by atoms with Gasteiger partial charge in [0.05, 0.1) is 215 Å². The zero-order valence-electron chi connectivity index (χ0n) is 148. The van der Waals surface area contributed by atoms with Crippen molar-refractivity contribution in [1.29, 1.82) is 5.26 Å². The fourth-order valence-electron chi connectivity index (χ4n) is 17.1. The summed E-state index contributed by atoms with van der Waals surface area (Å²) in [6.07, 6.45) is 0. The summed E-state index contributed by atoms with van der Waals surface area (Å²) in [6, 6.07) is -61.3. The Morgan fingerprint density at radius 3 is 0.958 bits per heavy atom. The van der Waals surface area contributed by atoms with Gasteiger partial charge < -0.3 is 22.8 Å². The zero-order valence-corrected chi connectivity index (χ0v) is 73.0. The van der Waals surface area contributed by atoms with E-state index in [-0.39, 0.29) is 87.4 Å². The van der Waals surface area contributed by atoms with Gasteiger partial charge in [-0.3, -0.25) is 4.57 Å². The van der Waals surface area contributed by atoms with Crippen molar-refractivity contribution in [1.82, 2.24) is 37.4 Å². The number of nitriles is 1. The first-order valence-electron chi connectivity index (χ1n) is 80.5. The lowest BCUT2D eigenvalue weighted by atomic mass is 10.0. The maximum atomic E-state index is 9.88. The van der Waals surface area contributed by atoms with Crippen LogP contribution in [0.3, 0.4) is 0 Å². The van der Waals surface area contributed by atoms with Crippen LogP contribution in [-0.2, 0) is 0 Å². The molecule has 0 fully saturated rings. The predicted octanol–water partition coefficient (Wildman–Crippen LogP) is 35.5. The highest BCUT2D eigenvalue weighted by Crippen LogP contribution is 2.48. The molecule has 9 aromatic heterocycles. The summed E-state index contributed by atoms with van der Waals surface area (Å²) in [4.78, 5) is 8.88. The number of hydrogen-bond acceptors (Lipinski definition) is 5. The molecule has 0 saturated carbocycles. The van der Waals surface area contributed by atoms with E-state index in [0.717, 1.165) is 50.1 Å². The molecule has 21 aromatic carbocycles. The second-order valence-corrected chi connectivity index (χ2v) is 33.1. The largest absolute Gasteiger partial charge is 0.309 e. The van der Waals surface area contributed by atoms with Crippen LogP contribution < -0.4 is 0 Å². The van der Waals surface area contributed by atoms with Gasteiger partial charge >= 0.3 is 0 Å². The zero-order chi connectivity index (χ0) is 161. The molecule has 30 rings (SSSR count). The van der Waals surface area contributed by atoms with Crippen LogP contribution in [0.5, 0.6) is 0 Å². The number of hydrogen-bond donors (Lipinski definition) is 0. The highest BCUT2D eigenvalue weighted by atomic mass is 32.1. The third-order valence-corrected chi connectivity index (χ3v) is 25.3. The van der Waals surface area contributed by atoms with E-state index in [4.69, 9.17) is 69.9 Å². The van der Waals surface area contributed by atoms with E-state index >= 15 is 0 Å². The molecule has 0 saturated heterocycles. The molecule has 0 aliphatic carbocycles. The van der Waals surface area contributed by atoms with Crippen LogP contribution in [0.15, 0.2) is 465 Å². The molecule has 30 aromatic rings. The van der Waals surface area contributed by atoms with Crippen molar-refractivity contribution >= 4 is 205 Å². The van der Waals surface area contributed by atoms with Gasteiger partial charge in [-0.15, -0.1) is 22.7 Å². The van der Waals surface area contributed by atoms with Gasteiger partial charge in [-0.2, -0.15) is 5.26 Å². The fraction of sp³-hybridized carbons (Fsp3) is 0.0153. The first-order valence-corrected chi connectivity index (χ1v) is 43.6. The molecular formula is C131H83N9S2. The van der Waals surface area contributed by atoms with Crippen molar-refractivity contribution in [2.24, 2.45) is 0 Å². The predicted molar refractivity (Wildman–Crippen MR) is 600 cm³/mol. The summed E-state index contributed by atoms with van der Waals surface area (Å²) in [7, 11) is 0. The molecule has 0 aliphatic heterocycles. The minimum absolute atomic E-state index is 0.00741. The third kappa shape index (κ3) is 13.2. The number of nitrogens with zero attached hydrogens (tertiary/aromatic N) is 9. The summed E-state index contributed by atoms with van der Waals surface area (Å²) in [6.45, 7) is 2.87. The lowest BCUT2D eigenvalue weighted by molar-refractivity contribution is 1.01. The highest BCUT2D eigenvalue weighted by molar-refractivity contribution is 7.26. The monoisotopic (exact) mass is 1920 g/mol. The van der Waals surface area contributed by atoms with E-state index < -0.39 is 656 Å². The van der Waals surface area contributed by atoms with Crippen molar-refractivity contribution in [3.63, 3.8) is 0 Å². The molecule has 0 unspecified atom stereocenters. The van der Waals surface area contributed by atoms with Crippen LogP contribution in [0, 0.1) is 25.2 Å². The van der Waals surface area contributed by atoms with Crippen LogP contribution >= 0.6 is 22.7 Å². The molecule has 0 atom stereocenters. The molecule has 11 heteroatoms. The molecule has 142 heavy (non-hydrogen) atoms. The normalized spacial score (nSPS) is 19.5. The maximum Gasteiger partial charge on any atom is 0.235 e. The quantitative estimate of drug-likeness (QED) is 0.137. The van der Waals surface area contributed by atoms with Gasteiger partial charge in [0.1, 0.15) is 0 Å². The number of fused-ring (bicyclic) bond motifs is 25. The van der Waals surface area contributed by atoms with Crippen molar-refractivity contribution in [2.45, 2.75) is 13.8 Å². The van der Waals surface area contributed by atoms with Crippen molar-refractivity contribution in [3.8, 4) is 85.1 Å².